The molecule has 0 saturated carbocycles. The molecule has 6 heteroatoms. The number of cyclic esters (lactones) is 1. The van der Waals surface area contributed by atoms with Crippen LogP contribution in [0, 0.1) is 13.8 Å². The van der Waals surface area contributed by atoms with E-state index >= 15 is 0 Å². The van der Waals surface area contributed by atoms with Crippen molar-refractivity contribution in [2.24, 2.45) is 0 Å². The third-order valence-electron chi connectivity index (χ3n) is 4.62. The first-order chi connectivity index (χ1) is 11.7. The molecule has 0 unspecified atom stereocenters. The highest BCUT2D eigenvalue weighted by atomic mass is 16.6. The number of carbonyl (C=O) groups is 2. The fourth-order valence-corrected chi connectivity index (χ4v) is 3.25. The van der Waals surface area contributed by atoms with Crippen LogP contribution in [0.15, 0.2) is 24.3 Å². The van der Waals surface area contributed by atoms with Gasteiger partial charge in [0, 0.05) is 12.5 Å². The van der Waals surface area contributed by atoms with Crippen LogP contribution in [0.5, 0.6) is 0 Å². The zero-order valence-corrected chi connectivity index (χ0v) is 15.2. The summed E-state index contributed by atoms with van der Waals surface area (Å²) >= 11 is 0. The zero-order valence-electron chi connectivity index (χ0n) is 15.2. The molecule has 1 aromatic heterocycles. The smallest absolute Gasteiger partial charge is 0.339 e. The first-order valence-electron chi connectivity index (χ1n) is 8.41. The molecule has 0 bridgehead atoms. The molecule has 0 fully saturated rings. The number of aromatic nitrogens is 2. The average molecular weight is 341 g/mol. The topological polar surface area (TPSA) is 73.2 Å². The third-order valence-corrected chi connectivity index (χ3v) is 4.62. The summed E-state index contributed by atoms with van der Waals surface area (Å²) in [6.07, 6.45) is 0.344. The minimum absolute atomic E-state index is 0.194. The van der Waals surface area contributed by atoms with Gasteiger partial charge in [-0.3, -0.25) is 9.48 Å². The number of aryl methyl sites for hydroxylation is 1. The molecule has 132 valence electrons. The van der Waals surface area contributed by atoms with E-state index in [9.17, 15) is 9.59 Å². The molecule has 0 spiro atoms. The lowest BCUT2D eigenvalue weighted by molar-refractivity contribution is -0.134. The summed E-state index contributed by atoms with van der Waals surface area (Å²) in [7, 11) is 0. The van der Waals surface area contributed by atoms with E-state index in [4.69, 9.17) is 4.74 Å². The summed E-state index contributed by atoms with van der Waals surface area (Å²) < 4.78 is 7.36. The second-order valence-corrected chi connectivity index (χ2v) is 6.99. The largest absolute Gasteiger partial charge is 0.445 e. The normalized spacial score (nSPS) is 19.5. The Morgan fingerprint density at radius 1 is 1.32 bits per heavy atom. The zero-order chi connectivity index (χ0) is 18.4. The minimum atomic E-state index is -1.25. The van der Waals surface area contributed by atoms with Crippen LogP contribution in [-0.2, 0) is 16.0 Å². The summed E-state index contributed by atoms with van der Waals surface area (Å²) in [4.78, 5) is 25.2. The molecule has 2 heterocycles. The number of rotatable bonds is 3. The van der Waals surface area contributed by atoms with Crippen molar-refractivity contribution in [1.29, 1.82) is 0 Å². The highest BCUT2D eigenvalue weighted by Crippen LogP contribution is 2.30. The van der Waals surface area contributed by atoms with Crippen LogP contribution in [0.2, 0.25) is 0 Å². The van der Waals surface area contributed by atoms with Gasteiger partial charge in [-0.2, -0.15) is 5.10 Å². The monoisotopic (exact) mass is 341 g/mol. The Labute approximate surface area is 147 Å². The number of benzene rings is 1. The van der Waals surface area contributed by atoms with Crippen molar-refractivity contribution < 1.29 is 14.3 Å². The van der Waals surface area contributed by atoms with E-state index in [1.807, 2.05) is 44.5 Å². The lowest BCUT2D eigenvalue weighted by atomic mass is 9.89. The molecule has 1 aliphatic heterocycles. The Hall–Kier alpha value is -2.63. The van der Waals surface area contributed by atoms with Gasteiger partial charge in [0.05, 0.1) is 22.6 Å². The van der Waals surface area contributed by atoms with Crippen LogP contribution in [0.3, 0.4) is 0 Å². The number of hydrogen-bond donors (Lipinski definition) is 1. The van der Waals surface area contributed by atoms with Gasteiger partial charge >= 0.3 is 5.97 Å². The van der Waals surface area contributed by atoms with Crippen LogP contribution in [0.4, 0.5) is 5.69 Å². The average Bonchev–Trinajstić information content (AvgIpc) is 2.83. The van der Waals surface area contributed by atoms with Gasteiger partial charge in [0.1, 0.15) is 0 Å². The molecule has 25 heavy (non-hydrogen) atoms. The van der Waals surface area contributed by atoms with E-state index in [-0.39, 0.29) is 11.9 Å². The third kappa shape index (κ3) is 2.92. The highest BCUT2D eigenvalue weighted by Gasteiger charge is 2.43. The summed E-state index contributed by atoms with van der Waals surface area (Å²) in [6, 6.07) is 7.41. The van der Waals surface area contributed by atoms with Crippen molar-refractivity contribution in [2.75, 3.05) is 5.32 Å². The number of carbonyl (C=O) groups excluding carboxylic acids is 2. The number of nitrogens with one attached hydrogen (secondary N) is 1. The van der Waals surface area contributed by atoms with Gasteiger partial charge in [0.25, 0.3) is 5.91 Å². The summed E-state index contributed by atoms with van der Waals surface area (Å²) in [5.74, 6) is -0.810. The number of esters is 1. The molecule has 0 saturated heterocycles. The Balaban J connectivity index is 1.89. The molecule has 0 aliphatic carbocycles. The van der Waals surface area contributed by atoms with E-state index in [1.165, 1.54) is 0 Å². The van der Waals surface area contributed by atoms with Gasteiger partial charge < -0.3 is 10.1 Å². The first-order valence-corrected chi connectivity index (χ1v) is 8.41. The number of fused-ring (bicyclic) bond motifs is 1. The Morgan fingerprint density at radius 2 is 2.00 bits per heavy atom. The van der Waals surface area contributed by atoms with Gasteiger partial charge in [-0.1, -0.05) is 18.2 Å². The van der Waals surface area contributed by atoms with Gasteiger partial charge in [0.2, 0.25) is 0 Å². The number of amides is 1. The van der Waals surface area contributed by atoms with Crippen molar-refractivity contribution in [3.8, 4) is 0 Å². The van der Waals surface area contributed by atoms with Crippen molar-refractivity contribution in [3.63, 3.8) is 0 Å². The maximum absolute atomic E-state index is 12.9. The lowest BCUT2D eigenvalue weighted by Gasteiger charge is -2.33. The van der Waals surface area contributed by atoms with Gasteiger partial charge in [-0.25, -0.2) is 4.79 Å². The molecule has 1 amide bonds. The molecule has 3 rings (SSSR count). The van der Waals surface area contributed by atoms with Crippen molar-refractivity contribution in [2.45, 2.75) is 52.7 Å². The van der Waals surface area contributed by atoms with E-state index in [0.29, 0.717) is 17.7 Å². The molecule has 1 N–H and O–H groups in total. The second-order valence-electron chi connectivity index (χ2n) is 6.99. The summed E-state index contributed by atoms with van der Waals surface area (Å²) in [5.41, 5.74) is 2.40. The second kappa shape index (κ2) is 6.02. The number of hydrogen-bond acceptors (Lipinski definition) is 4. The van der Waals surface area contributed by atoms with E-state index in [0.717, 1.165) is 17.0 Å². The highest BCUT2D eigenvalue weighted by molar-refractivity contribution is 6.02. The van der Waals surface area contributed by atoms with Crippen molar-refractivity contribution in [1.82, 2.24) is 9.78 Å². The van der Waals surface area contributed by atoms with Gasteiger partial charge in [-0.05, 0) is 46.2 Å². The van der Waals surface area contributed by atoms with Gasteiger partial charge in [-0.15, -0.1) is 0 Å². The first kappa shape index (κ1) is 17.2. The van der Waals surface area contributed by atoms with E-state index in [1.54, 1.807) is 19.1 Å². The summed E-state index contributed by atoms with van der Waals surface area (Å²) in [6.45, 7) is 9.48. The standard InChI is InChI=1S/C19H23N3O3/c1-11(2)22-13(4)16(12(3)21-22)20-18(24)19(5)10-14-8-6-7-9-15(14)17(23)25-19/h6-9,11H,10H2,1-5H3,(H,20,24)/t19-/m0/s1. The van der Waals surface area contributed by atoms with Crippen LogP contribution in [-0.4, -0.2) is 27.3 Å². The molecule has 1 aliphatic rings. The Kier molecular flexibility index (Phi) is 4.14. The maximum Gasteiger partial charge on any atom is 0.339 e. The number of nitrogens with zero attached hydrogens (tertiary/aromatic N) is 2. The maximum atomic E-state index is 12.9. The molecular weight excluding hydrogens is 318 g/mol. The van der Waals surface area contributed by atoms with E-state index < -0.39 is 11.6 Å². The lowest BCUT2D eigenvalue weighted by Crippen LogP contribution is -2.49. The van der Waals surface area contributed by atoms with Crippen molar-refractivity contribution in [3.05, 3.63) is 46.8 Å². The van der Waals surface area contributed by atoms with Crippen LogP contribution in [0.1, 0.15) is 54.1 Å². The number of anilines is 1. The fourth-order valence-electron chi connectivity index (χ4n) is 3.25. The SMILES string of the molecule is Cc1nn(C(C)C)c(C)c1NC(=O)[C@]1(C)Cc2ccccc2C(=O)O1. The van der Waals surface area contributed by atoms with Crippen LogP contribution >= 0.6 is 0 Å². The molecule has 2 aromatic rings. The van der Waals surface area contributed by atoms with Gasteiger partial charge in [0.15, 0.2) is 5.60 Å². The van der Waals surface area contributed by atoms with Crippen LogP contribution in [0.25, 0.3) is 0 Å². The van der Waals surface area contributed by atoms with Crippen molar-refractivity contribution >= 4 is 17.6 Å². The predicted octanol–water partition coefficient (Wildman–Crippen LogP) is 3.19. The molecule has 0 radical (unpaired) electrons. The fraction of sp³-hybridized carbons (Fsp3) is 0.421. The minimum Gasteiger partial charge on any atom is -0.445 e. The molecule has 1 atom stereocenters. The number of ether oxygens (including phenoxy) is 1. The Morgan fingerprint density at radius 3 is 2.64 bits per heavy atom. The Bertz CT molecular complexity index is 854. The molecular formula is C19H23N3O3. The quantitative estimate of drug-likeness (QED) is 0.870. The molecule has 1 aromatic carbocycles. The summed E-state index contributed by atoms with van der Waals surface area (Å²) in [5, 5.41) is 7.39. The predicted molar refractivity (Wildman–Crippen MR) is 94.7 cm³/mol. The van der Waals surface area contributed by atoms with Crippen LogP contribution < -0.4 is 5.32 Å². The molecule has 6 nitrogen and oxygen atoms in total. The van der Waals surface area contributed by atoms with E-state index in [2.05, 4.69) is 10.4 Å².